The van der Waals surface area contributed by atoms with Crippen molar-refractivity contribution in [2.45, 2.75) is 39.3 Å². The molecule has 150 valence electrons. The van der Waals surface area contributed by atoms with E-state index in [4.69, 9.17) is 0 Å². The second-order valence-electron chi connectivity index (χ2n) is 7.83. The molecular weight excluding hydrogens is 360 g/mol. The van der Waals surface area contributed by atoms with Crippen LogP contribution in [0.2, 0.25) is 0 Å². The van der Waals surface area contributed by atoms with E-state index in [0.717, 1.165) is 54.1 Å². The summed E-state index contributed by atoms with van der Waals surface area (Å²) in [4.78, 5) is 15.5. The lowest BCUT2D eigenvalue weighted by atomic mass is 10.0. The summed E-state index contributed by atoms with van der Waals surface area (Å²) < 4.78 is 1.99. The monoisotopic (exact) mass is 388 g/mol. The molecule has 1 amide bonds. The Hall–Kier alpha value is -2.92. The third kappa shape index (κ3) is 4.57. The van der Waals surface area contributed by atoms with Crippen molar-refractivity contribution in [1.82, 2.24) is 14.7 Å². The predicted octanol–water partition coefficient (Wildman–Crippen LogP) is 4.32. The summed E-state index contributed by atoms with van der Waals surface area (Å²) in [5.74, 6) is 0.0290. The number of nitrogens with one attached hydrogen (secondary N) is 1. The first-order valence-corrected chi connectivity index (χ1v) is 10.3. The van der Waals surface area contributed by atoms with Crippen LogP contribution in [0.5, 0.6) is 0 Å². The third-order valence-electron chi connectivity index (χ3n) is 5.50. The Morgan fingerprint density at radius 2 is 1.79 bits per heavy atom. The van der Waals surface area contributed by atoms with Gasteiger partial charge in [-0.05, 0) is 69.1 Å². The van der Waals surface area contributed by atoms with E-state index in [1.165, 1.54) is 0 Å². The van der Waals surface area contributed by atoms with Crippen LogP contribution in [-0.4, -0.2) is 33.7 Å². The van der Waals surface area contributed by atoms with Gasteiger partial charge in [0.1, 0.15) is 6.04 Å². The summed E-state index contributed by atoms with van der Waals surface area (Å²) in [6.07, 6.45) is 2.30. The van der Waals surface area contributed by atoms with Crippen LogP contribution in [0.25, 0.3) is 0 Å². The Bertz CT molecular complexity index is 974. The zero-order chi connectivity index (χ0) is 20.2. The van der Waals surface area contributed by atoms with Crippen molar-refractivity contribution in [2.24, 2.45) is 0 Å². The number of anilines is 1. The van der Waals surface area contributed by atoms with Crippen LogP contribution >= 0.6 is 0 Å². The maximum Gasteiger partial charge on any atom is 0.246 e. The van der Waals surface area contributed by atoms with Gasteiger partial charge in [-0.3, -0.25) is 14.4 Å². The minimum atomic E-state index is -0.252. The van der Waals surface area contributed by atoms with Gasteiger partial charge in [0.15, 0.2) is 0 Å². The van der Waals surface area contributed by atoms with Gasteiger partial charge in [0.25, 0.3) is 0 Å². The van der Waals surface area contributed by atoms with E-state index in [0.29, 0.717) is 6.54 Å². The number of amides is 1. The number of nitrogens with zero attached hydrogens (tertiary/aromatic N) is 3. The first kappa shape index (κ1) is 19.4. The van der Waals surface area contributed by atoms with Crippen LogP contribution in [0.4, 0.5) is 5.69 Å². The number of hydrogen-bond acceptors (Lipinski definition) is 3. The fourth-order valence-corrected chi connectivity index (χ4v) is 4.13. The molecule has 1 aliphatic rings. The largest absolute Gasteiger partial charge is 0.324 e. The lowest BCUT2D eigenvalue weighted by molar-refractivity contribution is -0.121. The summed E-state index contributed by atoms with van der Waals surface area (Å²) in [5, 5.41) is 7.69. The van der Waals surface area contributed by atoms with Gasteiger partial charge in [-0.2, -0.15) is 5.10 Å². The Labute approximate surface area is 172 Å². The number of likely N-dealkylation sites (tertiary alicyclic amines) is 1. The van der Waals surface area contributed by atoms with Crippen LogP contribution in [0.1, 0.15) is 41.4 Å². The lowest BCUT2D eigenvalue weighted by Crippen LogP contribution is -2.35. The van der Waals surface area contributed by atoms with Crippen molar-refractivity contribution < 1.29 is 4.79 Å². The Kier molecular flexibility index (Phi) is 5.76. The molecule has 3 aromatic rings. The molecule has 5 nitrogen and oxygen atoms in total. The Balaban J connectivity index is 1.52. The number of benzene rings is 2. The highest BCUT2D eigenvalue weighted by Crippen LogP contribution is 2.27. The van der Waals surface area contributed by atoms with Crippen LogP contribution in [-0.2, 0) is 11.3 Å². The number of carbonyl (C=O) groups excluding carboxylic acids is 1. The average Bonchev–Trinajstić information content (AvgIpc) is 3.33. The summed E-state index contributed by atoms with van der Waals surface area (Å²) >= 11 is 0. The van der Waals surface area contributed by atoms with Gasteiger partial charge in [0.2, 0.25) is 5.91 Å². The first-order valence-electron chi connectivity index (χ1n) is 10.3. The highest BCUT2D eigenvalue weighted by atomic mass is 16.2. The molecule has 2 heterocycles. The van der Waals surface area contributed by atoms with E-state index in [1.54, 1.807) is 0 Å². The summed E-state index contributed by atoms with van der Waals surface area (Å²) in [6, 6.07) is 20.0. The highest BCUT2D eigenvalue weighted by Gasteiger charge is 2.29. The van der Waals surface area contributed by atoms with E-state index in [9.17, 15) is 4.79 Å². The van der Waals surface area contributed by atoms with E-state index in [1.807, 2.05) is 60.1 Å². The van der Waals surface area contributed by atoms with Crippen LogP contribution in [0, 0.1) is 13.8 Å². The number of aromatic nitrogens is 2. The van der Waals surface area contributed by atoms with E-state index >= 15 is 0 Å². The number of hydrogen-bond donors (Lipinski definition) is 1. The fraction of sp³-hybridized carbons (Fsp3) is 0.333. The van der Waals surface area contributed by atoms with E-state index < -0.39 is 0 Å². The van der Waals surface area contributed by atoms with E-state index in [2.05, 4.69) is 34.4 Å². The smallest absolute Gasteiger partial charge is 0.246 e. The number of aryl methyl sites for hydroxylation is 2. The Morgan fingerprint density at radius 1 is 1.03 bits per heavy atom. The molecule has 0 bridgehead atoms. The number of rotatable bonds is 6. The van der Waals surface area contributed by atoms with Crippen molar-refractivity contribution in [1.29, 1.82) is 0 Å². The normalized spacial score (nSPS) is 15.4. The van der Waals surface area contributed by atoms with Gasteiger partial charge < -0.3 is 5.32 Å². The van der Waals surface area contributed by atoms with Gasteiger partial charge in [0, 0.05) is 11.4 Å². The Morgan fingerprint density at radius 3 is 2.48 bits per heavy atom. The third-order valence-corrected chi connectivity index (χ3v) is 5.50. The van der Waals surface area contributed by atoms with Gasteiger partial charge in [-0.1, -0.05) is 42.5 Å². The summed E-state index contributed by atoms with van der Waals surface area (Å²) in [7, 11) is 0. The van der Waals surface area contributed by atoms with E-state index in [-0.39, 0.29) is 11.9 Å². The van der Waals surface area contributed by atoms with Crippen molar-refractivity contribution >= 4 is 11.6 Å². The van der Waals surface area contributed by atoms with Gasteiger partial charge >= 0.3 is 0 Å². The maximum absolute atomic E-state index is 13.3. The van der Waals surface area contributed by atoms with Crippen LogP contribution in [0.3, 0.4) is 0 Å². The second-order valence-corrected chi connectivity index (χ2v) is 7.83. The second kappa shape index (κ2) is 8.62. The topological polar surface area (TPSA) is 50.2 Å². The molecule has 0 aliphatic carbocycles. The van der Waals surface area contributed by atoms with Crippen LogP contribution in [0.15, 0.2) is 60.7 Å². The average molecular weight is 389 g/mol. The molecule has 5 heteroatoms. The van der Waals surface area contributed by atoms with Crippen molar-refractivity contribution in [3.05, 3.63) is 83.2 Å². The SMILES string of the molecule is Cc1cc(C)n(Cc2cccc(NC(=O)C(c3ccccc3)N3CCCC3)c2)n1. The van der Waals surface area contributed by atoms with Crippen molar-refractivity contribution in [2.75, 3.05) is 18.4 Å². The molecule has 1 aromatic heterocycles. The predicted molar refractivity (Wildman–Crippen MR) is 116 cm³/mol. The number of carbonyl (C=O) groups is 1. The zero-order valence-corrected chi connectivity index (χ0v) is 17.1. The molecule has 29 heavy (non-hydrogen) atoms. The fourth-order valence-electron chi connectivity index (χ4n) is 4.13. The molecule has 1 atom stereocenters. The quantitative estimate of drug-likeness (QED) is 0.684. The van der Waals surface area contributed by atoms with Gasteiger partial charge in [-0.15, -0.1) is 0 Å². The molecule has 1 aliphatic heterocycles. The summed E-state index contributed by atoms with van der Waals surface area (Å²) in [5.41, 5.74) is 5.14. The minimum Gasteiger partial charge on any atom is -0.324 e. The molecule has 1 N–H and O–H groups in total. The molecular formula is C24H28N4O. The highest BCUT2D eigenvalue weighted by molar-refractivity contribution is 5.95. The molecule has 1 unspecified atom stereocenters. The molecule has 0 spiro atoms. The molecule has 1 saturated heterocycles. The van der Waals surface area contributed by atoms with Crippen molar-refractivity contribution in [3.63, 3.8) is 0 Å². The first-order chi connectivity index (χ1) is 14.1. The maximum atomic E-state index is 13.3. The zero-order valence-electron chi connectivity index (χ0n) is 17.1. The lowest BCUT2D eigenvalue weighted by Gasteiger charge is -2.27. The molecule has 2 aromatic carbocycles. The minimum absolute atomic E-state index is 0.0290. The van der Waals surface area contributed by atoms with Gasteiger partial charge in [0.05, 0.1) is 12.2 Å². The molecule has 1 fully saturated rings. The van der Waals surface area contributed by atoms with Crippen molar-refractivity contribution in [3.8, 4) is 0 Å². The molecule has 0 saturated carbocycles. The van der Waals surface area contributed by atoms with Gasteiger partial charge in [-0.25, -0.2) is 0 Å². The van der Waals surface area contributed by atoms with Crippen LogP contribution < -0.4 is 5.32 Å². The molecule has 4 rings (SSSR count). The summed E-state index contributed by atoms with van der Waals surface area (Å²) in [6.45, 7) is 6.68. The molecule has 0 radical (unpaired) electrons. The standard InChI is InChI=1S/C24H28N4O/c1-18-15-19(2)28(26-18)17-20-9-8-12-22(16-20)25-24(29)23(27-13-6-7-14-27)21-10-4-3-5-11-21/h3-5,8-12,15-16,23H,6-7,13-14,17H2,1-2H3,(H,25,29).